The average molecular weight is 746 g/mol. The topological polar surface area (TPSA) is 139 Å². The number of nitrogens with zero attached hydrogens (tertiary/aromatic N) is 1. The summed E-state index contributed by atoms with van der Waals surface area (Å²) in [5.74, 6) is 0.387. The van der Waals surface area contributed by atoms with Gasteiger partial charge in [-0.1, -0.05) is 30.4 Å². The van der Waals surface area contributed by atoms with Crippen LogP contribution >= 0.6 is 0 Å². The minimum Gasteiger partial charge on any atom is -0.493 e. The Bertz CT molecular complexity index is 1760. The Morgan fingerprint density at radius 2 is 1.54 bits per heavy atom. The van der Waals surface area contributed by atoms with Crippen LogP contribution in [0.2, 0.25) is 0 Å². The quantitative estimate of drug-likeness (QED) is 0.114. The second kappa shape index (κ2) is 19.1. The Balaban J connectivity index is 1.46. The number of amides is 1. The minimum absolute atomic E-state index is 0.101. The minimum atomic E-state index is -1.10. The molecule has 54 heavy (non-hydrogen) atoms. The summed E-state index contributed by atoms with van der Waals surface area (Å²) in [6, 6.07) is 15.4. The van der Waals surface area contributed by atoms with Crippen molar-refractivity contribution in [2.24, 2.45) is 5.92 Å². The zero-order valence-electron chi connectivity index (χ0n) is 31.7. The monoisotopic (exact) mass is 745 g/mol. The summed E-state index contributed by atoms with van der Waals surface area (Å²) >= 11 is 0. The van der Waals surface area contributed by atoms with Crippen molar-refractivity contribution in [1.82, 2.24) is 4.90 Å². The first-order chi connectivity index (χ1) is 26.2. The Hall–Kier alpha value is -5.39. The number of piperidine rings is 1. The van der Waals surface area contributed by atoms with Crippen molar-refractivity contribution in [2.75, 3.05) is 48.7 Å². The maximum Gasteiger partial charge on any atom is 0.341 e. The van der Waals surface area contributed by atoms with Crippen LogP contribution in [0.3, 0.4) is 0 Å². The van der Waals surface area contributed by atoms with E-state index in [0.717, 1.165) is 43.2 Å². The van der Waals surface area contributed by atoms with E-state index in [4.69, 9.17) is 33.2 Å². The van der Waals surface area contributed by atoms with Crippen LogP contribution in [0.4, 0.5) is 0 Å². The molecule has 0 saturated carbocycles. The SMILES string of the molecule is COc1ccc(CC[C@@H](OC(=O)[C@@H]2CCCCN2C(=O)[C@H](c2cc(OC)c(OC)c(OC)c2)[C@H]2C=CCCC2)c2cccc(OCC(=O)O)c2)cc1OC. The number of ether oxygens (including phenoxy) is 7. The average Bonchev–Trinajstić information content (AvgIpc) is 3.21. The number of aliphatic carboxylic acids is 1. The number of methoxy groups -OCH3 is 5. The van der Waals surface area contributed by atoms with Crippen LogP contribution < -0.4 is 28.4 Å². The summed E-state index contributed by atoms with van der Waals surface area (Å²) in [7, 11) is 7.78. The first kappa shape index (κ1) is 39.8. The molecule has 1 amide bonds. The highest BCUT2D eigenvalue weighted by Gasteiger charge is 2.41. The molecule has 0 spiro atoms. The number of carboxylic acids is 1. The van der Waals surface area contributed by atoms with Crippen molar-refractivity contribution in [3.63, 3.8) is 0 Å². The van der Waals surface area contributed by atoms with Crippen LogP contribution in [0.1, 0.15) is 73.7 Å². The van der Waals surface area contributed by atoms with Crippen molar-refractivity contribution >= 4 is 17.8 Å². The number of aryl methyl sites for hydroxylation is 1. The highest BCUT2D eigenvalue weighted by atomic mass is 16.5. The highest BCUT2D eigenvalue weighted by Crippen LogP contribution is 2.44. The van der Waals surface area contributed by atoms with Gasteiger partial charge >= 0.3 is 11.9 Å². The number of rotatable bonds is 17. The van der Waals surface area contributed by atoms with Crippen LogP contribution in [0.15, 0.2) is 66.7 Å². The maximum absolute atomic E-state index is 14.9. The molecule has 2 aliphatic rings. The van der Waals surface area contributed by atoms with Crippen molar-refractivity contribution in [3.05, 3.63) is 83.4 Å². The predicted molar refractivity (Wildman–Crippen MR) is 201 cm³/mol. The molecule has 12 heteroatoms. The van der Waals surface area contributed by atoms with Gasteiger partial charge < -0.3 is 43.2 Å². The molecule has 1 heterocycles. The molecule has 3 aromatic carbocycles. The molecule has 0 radical (unpaired) electrons. The molecule has 0 aromatic heterocycles. The lowest BCUT2D eigenvalue weighted by molar-refractivity contribution is -0.163. The predicted octanol–water partition coefficient (Wildman–Crippen LogP) is 6.93. The molecule has 12 nitrogen and oxygen atoms in total. The first-order valence-corrected chi connectivity index (χ1v) is 18.3. The number of carbonyl (C=O) groups excluding carboxylic acids is 2. The van der Waals surface area contributed by atoms with Crippen LogP contribution in [0.25, 0.3) is 0 Å². The van der Waals surface area contributed by atoms with Gasteiger partial charge in [0.05, 0.1) is 41.5 Å². The van der Waals surface area contributed by atoms with Crippen LogP contribution in [-0.2, 0) is 25.5 Å². The second-order valence-corrected chi connectivity index (χ2v) is 13.4. The molecule has 4 atom stereocenters. The van der Waals surface area contributed by atoms with E-state index >= 15 is 0 Å². The summed E-state index contributed by atoms with van der Waals surface area (Å²) in [4.78, 5) is 42.2. The van der Waals surface area contributed by atoms with Crippen molar-refractivity contribution < 1.29 is 52.6 Å². The number of likely N-dealkylation sites (tertiary alicyclic amines) is 1. The van der Waals surface area contributed by atoms with Gasteiger partial charge in [-0.3, -0.25) is 4.79 Å². The molecule has 0 unspecified atom stereocenters. The lowest BCUT2D eigenvalue weighted by atomic mass is 9.78. The molecule has 1 fully saturated rings. The fraction of sp³-hybridized carbons (Fsp3) is 0.452. The molecule has 1 aliphatic carbocycles. The number of carbonyl (C=O) groups is 3. The number of hydrogen-bond acceptors (Lipinski definition) is 10. The molecular weight excluding hydrogens is 694 g/mol. The van der Waals surface area contributed by atoms with Gasteiger partial charge in [0.2, 0.25) is 11.7 Å². The Kier molecular flexibility index (Phi) is 14.1. The van der Waals surface area contributed by atoms with Gasteiger partial charge in [-0.2, -0.15) is 0 Å². The van der Waals surface area contributed by atoms with Gasteiger partial charge in [0, 0.05) is 6.54 Å². The van der Waals surface area contributed by atoms with E-state index in [2.05, 4.69) is 12.2 Å². The third-order valence-corrected chi connectivity index (χ3v) is 10.1. The zero-order valence-corrected chi connectivity index (χ0v) is 31.7. The van der Waals surface area contributed by atoms with E-state index in [1.54, 1.807) is 51.5 Å². The molecule has 1 N–H and O–H groups in total. The fourth-order valence-corrected chi connectivity index (χ4v) is 7.39. The maximum atomic E-state index is 14.9. The molecule has 290 valence electrons. The van der Waals surface area contributed by atoms with Gasteiger partial charge in [-0.15, -0.1) is 0 Å². The van der Waals surface area contributed by atoms with E-state index < -0.39 is 36.6 Å². The molecule has 0 bridgehead atoms. The van der Waals surface area contributed by atoms with Gasteiger partial charge in [0.25, 0.3) is 0 Å². The molecular formula is C42H51NO11. The van der Waals surface area contributed by atoms with E-state index in [1.165, 1.54) is 7.11 Å². The first-order valence-electron chi connectivity index (χ1n) is 18.3. The summed E-state index contributed by atoms with van der Waals surface area (Å²) in [5, 5.41) is 9.18. The fourth-order valence-electron chi connectivity index (χ4n) is 7.39. The molecule has 5 rings (SSSR count). The van der Waals surface area contributed by atoms with Gasteiger partial charge in [0.1, 0.15) is 17.9 Å². The Morgan fingerprint density at radius 1 is 0.796 bits per heavy atom. The largest absolute Gasteiger partial charge is 0.493 e. The number of hydrogen-bond donors (Lipinski definition) is 1. The molecule has 1 saturated heterocycles. The van der Waals surface area contributed by atoms with Gasteiger partial charge in [-0.25, -0.2) is 9.59 Å². The van der Waals surface area contributed by atoms with Crippen molar-refractivity contribution in [3.8, 4) is 34.5 Å². The van der Waals surface area contributed by atoms with Crippen molar-refractivity contribution in [1.29, 1.82) is 0 Å². The lowest BCUT2D eigenvalue weighted by Gasteiger charge is -2.39. The molecule has 3 aromatic rings. The van der Waals surface area contributed by atoms with Gasteiger partial charge in [-0.05, 0) is 110 Å². The smallest absolute Gasteiger partial charge is 0.341 e. The number of carboxylic acid groups (broad SMARTS) is 1. The summed E-state index contributed by atoms with van der Waals surface area (Å²) in [6.07, 6.45) is 9.07. The number of allylic oxidation sites excluding steroid dienone is 2. The normalized spacial score (nSPS) is 17.8. The third-order valence-electron chi connectivity index (χ3n) is 10.1. The van der Waals surface area contributed by atoms with Crippen LogP contribution in [0.5, 0.6) is 34.5 Å². The lowest BCUT2D eigenvalue weighted by Crippen LogP contribution is -2.51. The van der Waals surface area contributed by atoms with E-state index in [-0.39, 0.29) is 11.8 Å². The van der Waals surface area contributed by atoms with Crippen LogP contribution in [-0.4, -0.2) is 82.6 Å². The zero-order chi connectivity index (χ0) is 38.6. The van der Waals surface area contributed by atoms with E-state index in [9.17, 15) is 19.5 Å². The van der Waals surface area contributed by atoms with E-state index in [1.807, 2.05) is 36.4 Å². The molecule has 1 aliphatic heterocycles. The Morgan fingerprint density at radius 3 is 2.19 bits per heavy atom. The van der Waals surface area contributed by atoms with E-state index in [0.29, 0.717) is 65.9 Å². The third kappa shape index (κ3) is 9.58. The highest BCUT2D eigenvalue weighted by molar-refractivity contribution is 5.90. The summed E-state index contributed by atoms with van der Waals surface area (Å²) < 4.78 is 39.6. The second-order valence-electron chi connectivity index (χ2n) is 13.4. The standard InChI is InChI=1S/C42H51NO11/c1-48-34-20-18-27(22-35(34)49-2)17-19-33(29-14-11-15-31(23-29)53-26-38(44)45)54-42(47)32-16-9-10-21-43(32)41(46)39(28-12-7-6-8-13-28)30-24-36(50-3)40(52-5)37(25-30)51-4/h7,11-12,14-15,18,20,22-25,28,32-33,39H,6,8-10,13,16-17,19,21,26H2,1-5H3,(H,44,45)/t28-,32-,33+,39-/m0/s1. The number of esters is 1. The number of benzene rings is 3. The summed E-state index contributed by atoms with van der Waals surface area (Å²) in [6.45, 7) is -0.104. The summed E-state index contributed by atoms with van der Waals surface area (Å²) in [5.41, 5.74) is 2.30. The van der Waals surface area contributed by atoms with Gasteiger partial charge in [0.15, 0.2) is 29.6 Å². The Labute approximate surface area is 316 Å². The van der Waals surface area contributed by atoms with Crippen molar-refractivity contribution in [2.45, 2.75) is 69.4 Å². The van der Waals surface area contributed by atoms with Crippen LogP contribution in [0, 0.1) is 5.92 Å².